The summed E-state index contributed by atoms with van der Waals surface area (Å²) in [6, 6.07) is 19.7. The average molecular weight is 528 g/mol. The lowest BCUT2D eigenvalue weighted by Gasteiger charge is -2.32. The van der Waals surface area contributed by atoms with Crippen LogP contribution in [0.5, 0.6) is 0 Å². The Kier molecular flexibility index (Phi) is 8.76. The summed E-state index contributed by atoms with van der Waals surface area (Å²) in [6.07, 6.45) is 0. The van der Waals surface area contributed by atoms with Gasteiger partial charge in [-0.2, -0.15) is 0 Å². The molecule has 9 heteroatoms. The SMILES string of the molecule is CNC(=O)[C@H](C)N(Cc1ccccc1)C(=O)CN(c1cccc(Cl)c1C)S(=O)(=O)c1ccc(C)cc1. The van der Waals surface area contributed by atoms with Gasteiger partial charge in [-0.25, -0.2) is 8.42 Å². The number of halogens is 1. The summed E-state index contributed by atoms with van der Waals surface area (Å²) >= 11 is 6.32. The van der Waals surface area contributed by atoms with Crippen LogP contribution in [0.15, 0.2) is 77.7 Å². The number of aryl methyl sites for hydroxylation is 1. The van der Waals surface area contributed by atoms with Crippen molar-refractivity contribution in [2.45, 2.75) is 38.3 Å². The van der Waals surface area contributed by atoms with E-state index in [2.05, 4.69) is 5.32 Å². The van der Waals surface area contributed by atoms with E-state index >= 15 is 0 Å². The number of anilines is 1. The number of likely N-dealkylation sites (N-methyl/N-ethyl adjacent to an activating group) is 1. The predicted octanol–water partition coefficient (Wildman–Crippen LogP) is 4.32. The summed E-state index contributed by atoms with van der Waals surface area (Å²) in [4.78, 5) is 27.7. The first-order valence-corrected chi connectivity index (χ1v) is 13.3. The van der Waals surface area contributed by atoms with Gasteiger partial charge < -0.3 is 10.2 Å². The minimum absolute atomic E-state index is 0.0502. The molecule has 0 aliphatic carbocycles. The summed E-state index contributed by atoms with van der Waals surface area (Å²) in [7, 11) is -2.64. The normalized spacial score (nSPS) is 12.0. The highest BCUT2D eigenvalue weighted by Crippen LogP contribution is 2.31. The van der Waals surface area contributed by atoms with Crippen molar-refractivity contribution in [1.82, 2.24) is 10.2 Å². The van der Waals surface area contributed by atoms with Gasteiger partial charge in [0, 0.05) is 18.6 Å². The van der Waals surface area contributed by atoms with Gasteiger partial charge in [0.05, 0.1) is 10.6 Å². The van der Waals surface area contributed by atoms with E-state index in [9.17, 15) is 18.0 Å². The molecule has 0 saturated heterocycles. The number of sulfonamides is 1. The van der Waals surface area contributed by atoms with Crippen LogP contribution in [0.4, 0.5) is 5.69 Å². The van der Waals surface area contributed by atoms with Gasteiger partial charge in [-0.1, -0.05) is 65.7 Å². The van der Waals surface area contributed by atoms with Crippen molar-refractivity contribution in [3.05, 3.63) is 94.5 Å². The molecule has 0 unspecified atom stereocenters. The second kappa shape index (κ2) is 11.6. The zero-order valence-corrected chi connectivity index (χ0v) is 22.3. The van der Waals surface area contributed by atoms with Crippen LogP contribution in [-0.4, -0.2) is 44.8 Å². The van der Waals surface area contributed by atoms with Crippen LogP contribution in [-0.2, 0) is 26.2 Å². The summed E-state index contributed by atoms with van der Waals surface area (Å²) < 4.78 is 28.7. The van der Waals surface area contributed by atoms with Crippen molar-refractivity contribution in [3.8, 4) is 0 Å². The zero-order chi connectivity index (χ0) is 26.5. The number of carbonyl (C=O) groups excluding carboxylic acids is 2. The molecular formula is C27H30ClN3O4S. The van der Waals surface area contributed by atoms with Crippen molar-refractivity contribution in [2.75, 3.05) is 17.9 Å². The van der Waals surface area contributed by atoms with Gasteiger partial charge in [-0.15, -0.1) is 0 Å². The molecule has 2 amide bonds. The van der Waals surface area contributed by atoms with Crippen molar-refractivity contribution in [2.24, 2.45) is 0 Å². The molecule has 0 aliphatic heterocycles. The Morgan fingerprint density at radius 1 is 0.944 bits per heavy atom. The first-order valence-electron chi connectivity index (χ1n) is 11.5. The third kappa shape index (κ3) is 6.06. The highest BCUT2D eigenvalue weighted by atomic mass is 35.5. The Morgan fingerprint density at radius 3 is 2.19 bits per heavy atom. The smallest absolute Gasteiger partial charge is 0.264 e. The molecule has 0 bridgehead atoms. The molecule has 0 saturated carbocycles. The van der Waals surface area contributed by atoms with Gasteiger partial charge in [-0.3, -0.25) is 13.9 Å². The number of hydrogen-bond acceptors (Lipinski definition) is 4. The summed E-state index contributed by atoms with van der Waals surface area (Å²) in [5, 5.41) is 2.95. The number of benzene rings is 3. The summed E-state index contributed by atoms with van der Waals surface area (Å²) in [6.45, 7) is 4.81. The fourth-order valence-corrected chi connectivity index (χ4v) is 5.43. The van der Waals surface area contributed by atoms with Gasteiger partial charge in [0.1, 0.15) is 12.6 Å². The van der Waals surface area contributed by atoms with Gasteiger partial charge in [-0.05, 0) is 56.2 Å². The van der Waals surface area contributed by atoms with Crippen molar-refractivity contribution >= 4 is 39.1 Å². The van der Waals surface area contributed by atoms with Crippen molar-refractivity contribution in [3.63, 3.8) is 0 Å². The molecular weight excluding hydrogens is 498 g/mol. The number of nitrogens with zero attached hydrogens (tertiary/aromatic N) is 2. The van der Waals surface area contributed by atoms with Crippen LogP contribution in [0.1, 0.15) is 23.6 Å². The highest BCUT2D eigenvalue weighted by Gasteiger charge is 2.33. The monoisotopic (exact) mass is 527 g/mol. The van der Waals surface area contributed by atoms with Gasteiger partial charge in [0.2, 0.25) is 11.8 Å². The first kappa shape index (κ1) is 27.2. The lowest BCUT2D eigenvalue weighted by Crippen LogP contribution is -2.50. The first-order chi connectivity index (χ1) is 17.1. The van der Waals surface area contributed by atoms with Crippen LogP contribution in [0.3, 0.4) is 0 Å². The Hall–Kier alpha value is -3.36. The lowest BCUT2D eigenvalue weighted by molar-refractivity contribution is -0.139. The predicted molar refractivity (Wildman–Crippen MR) is 142 cm³/mol. The van der Waals surface area contributed by atoms with Gasteiger partial charge in [0.25, 0.3) is 10.0 Å². The number of carbonyl (C=O) groups is 2. The topological polar surface area (TPSA) is 86.8 Å². The molecule has 0 aliphatic rings. The van der Waals surface area contributed by atoms with Crippen LogP contribution in [0.2, 0.25) is 5.02 Å². The standard InChI is InChI=1S/C27H30ClN3O4S/c1-19-13-15-23(16-14-19)36(34,35)31(25-12-8-11-24(28)20(25)2)18-26(32)30(21(3)27(33)29-4)17-22-9-6-5-7-10-22/h5-16,21H,17-18H2,1-4H3,(H,29,33)/t21-/m0/s1. The summed E-state index contributed by atoms with van der Waals surface area (Å²) in [5.74, 6) is -0.879. The van der Waals surface area contributed by atoms with E-state index in [1.807, 2.05) is 37.3 Å². The van der Waals surface area contributed by atoms with E-state index in [1.165, 1.54) is 24.1 Å². The maximum atomic E-state index is 13.8. The minimum Gasteiger partial charge on any atom is -0.357 e. The zero-order valence-electron chi connectivity index (χ0n) is 20.7. The Bertz CT molecular complexity index is 1330. The largest absolute Gasteiger partial charge is 0.357 e. The fourth-order valence-electron chi connectivity index (χ4n) is 3.79. The van der Waals surface area contributed by atoms with Crippen LogP contribution in [0, 0.1) is 13.8 Å². The molecule has 3 rings (SSSR count). The van der Waals surface area contributed by atoms with Gasteiger partial charge in [0.15, 0.2) is 0 Å². The quantitative estimate of drug-likeness (QED) is 0.449. The van der Waals surface area contributed by atoms with E-state index in [0.717, 1.165) is 15.4 Å². The minimum atomic E-state index is -4.14. The Balaban J connectivity index is 2.07. The lowest BCUT2D eigenvalue weighted by atomic mass is 10.1. The molecule has 0 fully saturated rings. The molecule has 0 spiro atoms. The average Bonchev–Trinajstić information content (AvgIpc) is 2.87. The maximum absolute atomic E-state index is 13.8. The number of amides is 2. The molecule has 0 aromatic heterocycles. The number of hydrogen-bond donors (Lipinski definition) is 1. The number of nitrogens with one attached hydrogen (secondary N) is 1. The summed E-state index contributed by atoms with van der Waals surface area (Å²) in [5.41, 5.74) is 2.54. The van der Waals surface area contributed by atoms with Crippen molar-refractivity contribution in [1.29, 1.82) is 0 Å². The van der Waals surface area contributed by atoms with E-state index in [-0.39, 0.29) is 17.3 Å². The third-order valence-electron chi connectivity index (χ3n) is 6.01. The van der Waals surface area contributed by atoms with E-state index in [0.29, 0.717) is 16.3 Å². The van der Waals surface area contributed by atoms with E-state index < -0.39 is 28.5 Å². The molecule has 3 aromatic carbocycles. The second-order valence-corrected chi connectivity index (χ2v) is 10.8. The van der Waals surface area contributed by atoms with E-state index in [1.54, 1.807) is 44.2 Å². The highest BCUT2D eigenvalue weighted by molar-refractivity contribution is 7.92. The van der Waals surface area contributed by atoms with E-state index in [4.69, 9.17) is 11.6 Å². The van der Waals surface area contributed by atoms with Crippen LogP contribution >= 0.6 is 11.6 Å². The molecule has 1 N–H and O–H groups in total. The third-order valence-corrected chi connectivity index (χ3v) is 8.19. The molecule has 190 valence electrons. The molecule has 7 nitrogen and oxygen atoms in total. The second-order valence-electron chi connectivity index (χ2n) is 8.51. The molecule has 36 heavy (non-hydrogen) atoms. The van der Waals surface area contributed by atoms with Gasteiger partial charge >= 0.3 is 0 Å². The molecule has 1 atom stereocenters. The van der Waals surface area contributed by atoms with Crippen LogP contribution < -0.4 is 9.62 Å². The van der Waals surface area contributed by atoms with Crippen LogP contribution in [0.25, 0.3) is 0 Å². The molecule has 0 radical (unpaired) electrons. The Morgan fingerprint density at radius 2 is 1.58 bits per heavy atom. The Labute approximate surface area is 217 Å². The molecule has 0 heterocycles. The fraction of sp³-hybridized carbons (Fsp3) is 0.259. The number of rotatable bonds is 9. The molecule has 3 aromatic rings. The maximum Gasteiger partial charge on any atom is 0.264 e. The van der Waals surface area contributed by atoms with Crippen molar-refractivity contribution < 1.29 is 18.0 Å².